The van der Waals surface area contributed by atoms with Crippen molar-refractivity contribution in [3.63, 3.8) is 0 Å². The minimum absolute atomic E-state index is 0.609. The van der Waals surface area contributed by atoms with Gasteiger partial charge in [-0.3, -0.25) is 4.57 Å². The fourth-order valence-electron chi connectivity index (χ4n) is 8.93. The molecule has 3 heterocycles. The number of para-hydroxylation sites is 3. The molecule has 0 spiro atoms. The quantitative estimate of drug-likeness (QED) is 0.173. The molecule has 0 amide bonds. The molecule has 2 aliphatic carbocycles. The molecule has 2 aliphatic rings. The Morgan fingerprint density at radius 2 is 1.15 bits per heavy atom. The Balaban J connectivity index is 1.31. The number of allylic oxidation sites excluding steroid dienone is 2. The van der Waals surface area contributed by atoms with E-state index in [2.05, 4.69) is 178 Å². The number of benzene rings is 7. The van der Waals surface area contributed by atoms with Gasteiger partial charge in [-0.1, -0.05) is 145 Å². The van der Waals surface area contributed by atoms with Crippen molar-refractivity contribution in [3.8, 4) is 17.2 Å². The first-order chi connectivity index (χ1) is 26.8. The summed E-state index contributed by atoms with van der Waals surface area (Å²) in [4.78, 5) is 10.6. The van der Waals surface area contributed by atoms with Gasteiger partial charge < -0.3 is 4.57 Å². The van der Waals surface area contributed by atoms with Crippen molar-refractivity contribution in [2.45, 2.75) is 0 Å². The monoisotopic (exact) mass is 684 g/mol. The van der Waals surface area contributed by atoms with E-state index in [1.54, 1.807) is 0 Å². The molecular weight excluding hydrogens is 657 g/mol. The molecular formula is C50H28N4. The van der Waals surface area contributed by atoms with Crippen LogP contribution in [0.4, 0.5) is 0 Å². The molecule has 0 aliphatic heterocycles. The summed E-state index contributed by atoms with van der Waals surface area (Å²) in [5, 5.41) is 9.02. The van der Waals surface area contributed by atoms with Crippen LogP contribution in [0.3, 0.4) is 0 Å². The maximum absolute atomic E-state index is 5.38. The van der Waals surface area contributed by atoms with Crippen LogP contribution in [0.15, 0.2) is 176 Å². The van der Waals surface area contributed by atoms with Crippen LogP contribution in [0.25, 0.3) is 94.2 Å². The van der Waals surface area contributed by atoms with E-state index < -0.39 is 0 Å². The van der Waals surface area contributed by atoms with E-state index in [1.165, 1.54) is 38.1 Å². The van der Waals surface area contributed by atoms with Crippen LogP contribution in [0, 0.1) is 0 Å². The summed E-state index contributed by atoms with van der Waals surface area (Å²) in [6.07, 6.45) is 2.13. The zero-order chi connectivity index (χ0) is 35.3. The molecule has 10 aromatic rings. The van der Waals surface area contributed by atoms with Crippen LogP contribution in [0.1, 0.15) is 11.1 Å². The van der Waals surface area contributed by atoms with Crippen LogP contribution < -0.4 is 10.6 Å². The number of nitrogens with zero attached hydrogens (tertiary/aromatic N) is 4. The molecule has 7 aromatic carbocycles. The van der Waals surface area contributed by atoms with E-state index in [9.17, 15) is 0 Å². The van der Waals surface area contributed by atoms with E-state index in [0.29, 0.717) is 5.95 Å². The van der Waals surface area contributed by atoms with Crippen molar-refractivity contribution in [3.05, 3.63) is 197 Å². The summed E-state index contributed by atoms with van der Waals surface area (Å²) in [5.41, 5.74) is 19.0. The summed E-state index contributed by atoms with van der Waals surface area (Å²) in [6, 6.07) is 58.2. The summed E-state index contributed by atoms with van der Waals surface area (Å²) >= 11 is 0. The molecule has 3 aromatic heterocycles. The molecule has 0 saturated heterocycles. The fourth-order valence-corrected chi connectivity index (χ4v) is 8.93. The van der Waals surface area contributed by atoms with Gasteiger partial charge in [-0.25, -0.2) is 9.97 Å². The van der Waals surface area contributed by atoms with E-state index >= 15 is 0 Å². The number of rotatable bonds is 4. The first-order valence-electron chi connectivity index (χ1n) is 18.3. The summed E-state index contributed by atoms with van der Waals surface area (Å²) < 4.78 is 4.68. The second kappa shape index (κ2) is 11.0. The molecule has 0 atom stereocenters. The van der Waals surface area contributed by atoms with Crippen molar-refractivity contribution < 1.29 is 0 Å². The minimum atomic E-state index is 0.609. The van der Waals surface area contributed by atoms with Crippen molar-refractivity contribution >= 4 is 77.0 Å². The fraction of sp³-hybridized carbons (Fsp3) is 0. The Bertz CT molecular complexity index is 3440. The van der Waals surface area contributed by atoms with Crippen molar-refractivity contribution in [2.75, 3.05) is 0 Å². The first-order valence-corrected chi connectivity index (χ1v) is 18.3. The third-order valence-electron chi connectivity index (χ3n) is 11.1. The SMILES string of the molecule is C1=C=c2c3c4c5c(cccc5ccc4n2-c2nc(-c4ccccc4)c4ccccc4n2)C(c2ccccc2)=C(n2c4ccccc4c4ccccc42)C=3C=1. The standard InChI is InChI=1S/C50H28N4/c1-3-15-31(16-4-1)45-37-23-13-19-32-29-30-43-47(44(32)37)46-38(49(45)53-40-26-11-8-20-34(40)35-21-9-12-27-41(35)53)24-14-28-42(46)54(43)50-51-39-25-10-7-22-36(39)48(52-50)33-17-5-2-6-18-33/h1-13,15-27,29-30H. The predicted octanol–water partition coefficient (Wildman–Crippen LogP) is 10.2. The smallest absolute Gasteiger partial charge is 0.236 e. The number of fused-ring (bicyclic) bond motifs is 4. The van der Waals surface area contributed by atoms with E-state index in [-0.39, 0.29) is 0 Å². The number of hydrogen-bond donors (Lipinski definition) is 0. The summed E-state index contributed by atoms with van der Waals surface area (Å²) in [7, 11) is 0. The highest BCUT2D eigenvalue weighted by Crippen LogP contribution is 2.45. The Hall–Kier alpha value is -7.48. The van der Waals surface area contributed by atoms with Gasteiger partial charge in [-0.05, 0) is 58.0 Å². The highest BCUT2D eigenvalue weighted by molar-refractivity contribution is 6.26. The highest BCUT2D eigenvalue weighted by Gasteiger charge is 2.29. The van der Waals surface area contributed by atoms with Crippen LogP contribution in [0.5, 0.6) is 0 Å². The third kappa shape index (κ3) is 3.93. The maximum atomic E-state index is 5.38. The van der Waals surface area contributed by atoms with Gasteiger partial charge in [0.2, 0.25) is 5.95 Å². The Labute approximate surface area is 309 Å². The van der Waals surface area contributed by atoms with E-state index in [4.69, 9.17) is 9.97 Å². The predicted molar refractivity (Wildman–Crippen MR) is 222 cm³/mol. The second-order valence-corrected chi connectivity index (χ2v) is 14.0. The van der Waals surface area contributed by atoms with Gasteiger partial charge in [0.25, 0.3) is 0 Å². The average Bonchev–Trinajstić information content (AvgIpc) is 3.72. The maximum Gasteiger partial charge on any atom is 0.236 e. The van der Waals surface area contributed by atoms with Gasteiger partial charge in [0.15, 0.2) is 0 Å². The molecule has 0 bridgehead atoms. The number of hydrogen-bond acceptors (Lipinski definition) is 2. The molecule has 0 N–H and O–H groups in total. The normalized spacial score (nSPS) is 13.2. The average molecular weight is 685 g/mol. The van der Waals surface area contributed by atoms with Crippen LogP contribution >= 0.6 is 0 Å². The minimum Gasteiger partial charge on any atom is -0.308 e. The third-order valence-corrected chi connectivity index (χ3v) is 11.1. The Kier molecular flexibility index (Phi) is 5.94. The molecule has 12 rings (SSSR count). The Morgan fingerprint density at radius 1 is 0.481 bits per heavy atom. The molecule has 0 unspecified atom stereocenters. The van der Waals surface area contributed by atoms with Gasteiger partial charge in [0.1, 0.15) is 5.35 Å². The molecule has 4 nitrogen and oxygen atoms in total. The van der Waals surface area contributed by atoms with Gasteiger partial charge in [0, 0.05) is 43.5 Å². The zero-order valence-electron chi connectivity index (χ0n) is 29.0. The lowest BCUT2D eigenvalue weighted by Gasteiger charge is -2.21. The molecule has 0 radical (unpaired) electrons. The highest BCUT2D eigenvalue weighted by atomic mass is 15.2. The molecule has 0 saturated carbocycles. The van der Waals surface area contributed by atoms with Gasteiger partial charge in [-0.15, -0.1) is 0 Å². The number of aromatic nitrogens is 4. The first kappa shape index (κ1) is 29.1. The molecule has 4 heteroatoms. The molecule has 248 valence electrons. The van der Waals surface area contributed by atoms with Gasteiger partial charge >= 0.3 is 0 Å². The van der Waals surface area contributed by atoms with Crippen LogP contribution in [-0.2, 0) is 0 Å². The lowest BCUT2D eigenvalue weighted by Crippen LogP contribution is -2.31. The molecule has 0 fully saturated rings. The van der Waals surface area contributed by atoms with E-state index in [0.717, 1.165) is 66.1 Å². The van der Waals surface area contributed by atoms with E-state index in [1.807, 2.05) is 12.1 Å². The Morgan fingerprint density at radius 3 is 1.91 bits per heavy atom. The zero-order valence-corrected chi connectivity index (χ0v) is 29.0. The summed E-state index contributed by atoms with van der Waals surface area (Å²) in [6.45, 7) is 0. The largest absolute Gasteiger partial charge is 0.308 e. The lowest BCUT2D eigenvalue weighted by atomic mass is 9.90. The van der Waals surface area contributed by atoms with Crippen molar-refractivity contribution in [1.82, 2.24) is 19.1 Å². The summed E-state index contributed by atoms with van der Waals surface area (Å²) in [5.74, 6) is 0.609. The van der Waals surface area contributed by atoms with Gasteiger partial charge in [-0.2, -0.15) is 0 Å². The van der Waals surface area contributed by atoms with Crippen LogP contribution in [-0.4, -0.2) is 19.1 Å². The van der Waals surface area contributed by atoms with Crippen molar-refractivity contribution in [1.29, 1.82) is 0 Å². The molecule has 54 heavy (non-hydrogen) atoms. The van der Waals surface area contributed by atoms with Gasteiger partial charge in [0.05, 0.1) is 33.5 Å². The van der Waals surface area contributed by atoms with Crippen LogP contribution in [0.2, 0.25) is 0 Å². The second-order valence-electron chi connectivity index (χ2n) is 14.0. The topological polar surface area (TPSA) is 35.6 Å². The lowest BCUT2D eigenvalue weighted by molar-refractivity contribution is 0.952. The van der Waals surface area contributed by atoms with Crippen molar-refractivity contribution in [2.24, 2.45) is 0 Å².